The van der Waals surface area contributed by atoms with Gasteiger partial charge in [0.1, 0.15) is 5.75 Å². The van der Waals surface area contributed by atoms with E-state index in [2.05, 4.69) is 22.6 Å². The predicted molar refractivity (Wildman–Crippen MR) is 58.8 cm³/mol. The van der Waals surface area contributed by atoms with Crippen molar-refractivity contribution >= 4 is 28.5 Å². The van der Waals surface area contributed by atoms with Crippen LogP contribution in [0.1, 0.15) is 10.4 Å². The molecule has 1 aromatic rings. The molecule has 13 heavy (non-hydrogen) atoms. The van der Waals surface area contributed by atoms with Gasteiger partial charge in [0.05, 0.1) is 5.56 Å². The maximum absolute atomic E-state index is 11.5. The standard InChI is InChI=1S/C9H10INO2/c1-11(2)9(13)7-5-6(10)3-4-8(7)12/h3-5,12H,1-2H3. The number of phenols is 1. The Morgan fingerprint density at radius 2 is 2.08 bits per heavy atom. The highest BCUT2D eigenvalue weighted by Gasteiger charge is 2.12. The first-order valence-electron chi connectivity index (χ1n) is 3.72. The molecule has 4 heteroatoms. The van der Waals surface area contributed by atoms with E-state index in [4.69, 9.17) is 0 Å². The van der Waals surface area contributed by atoms with Crippen molar-refractivity contribution in [3.8, 4) is 5.75 Å². The molecule has 0 saturated heterocycles. The fourth-order valence-electron chi connectivity index (χ4n) is 0.920. The van der Waals surface area contributed by atoms with Gasteiger partial charge in [-0.1, -0.05) is 0 Å². The number of nitrogens with zero attached hydrogens (tertiary/aromatic N) is 1. The number of hydrogen-bond donors (Lipinski definition) is 1. The van der Waals surface area contributed by atoms with Crippen LogP contribution in [0.2, 0.25) is 0 Å². The van der Waals surface area contributed by atoms with Gasteiger partial charge in [-0.05, 0) is 40.8 Å². The summed E-state index contributed by atoms with van der Waals surface area (Å²) in [6.07, 6.45) is 0. The first kappa shape index (κ1) is 10.3. The Morgan fingerprint density at radius 1 is 1.46 bits per heavy atom. The van der Waals surface area contributed by atoms with Crippen LogP contribution < -0.4 is 0 Å². The Morgan fingerprint density at radius 3 is 2.62 bits per heavy atom. The quantitative estimate of drug-likeness (QED) is 0.800. The van der Waals surface area contributed by atoms with Crippen LogP contribution in [0, 0.1) is 3.57 Å². The van der Waals surface area contributed by atoms with Gasteiger partial charge in [0.2, 0.25) is 0 Å². The summed E-state index contributed by atoms with van der Waals surface area (Å²) < 4.78 is 0.931. The van der Waals surface area contributed by atoms with Crippen LogP contribution in [0.15, 0.2) is 18.2 Å². The fraction of sp³-hybridized carbons (Fsp3) is 0.222. The van der Waals surface area contributed by atoms with Crippen molar-refractivity contribution in [2.75, 3.05) is 14.1 Å². The van der Waals surface area contributed by atoms with Crippen molar-refractivity contribution < 1.29 is 9.90 Å². The number of amides is 1. The number of carbonyl (C=O) groups excluding carboxylic acids is 1. The number of rotatable bonds is 1. The van der Waals surface area contributed by atoms with Crippen molar-refractivity contribution in [2.24, 2.45) is 0 Å². The third kappa shape index (κ3) is 2.33. The summed E-state index contributed by atoms with van der Waals surface area (Å²) >= 11 is 2.10. The van der Waals surface area contributed by atoms with Crippen LogP contribution in [0.4, 0.5) is 0 Å². The molecule has 1 amide bonds. The number of halogens is 1. The van der Waals surface area contributed by atoms with Crippen LogP contribution >= 0.6 is 22.6 Å². The van der Waals surface area contributed by atoms with Crippen molar-refractivity contribution in [1.29, 1.82) is 0 Å². The van der Waals surface area contributed by atoms with E-state index in [9.17, 15) is 9.90 Å². The van der Waals surface area contributed by atoms with E-state index in [-0.39, 0.29) is 11.7 Å². The van der Waals surface area contributed by atoms with Gasteiger partial charge in [0.15, 0.2) is 0 Å². The number of benzene rings is 1. The minimum atomic E-state index is -0.184. The molecule has 0 atom stereocenters. The second-order valence-electron chi connectivity index (χ2n) is 2.86. The van der Waals surface area contributed by atoms with Gasteiger partial charge in [-0.3, -0.25) is 4.79 Å². The zero-order valence-corrected chi connectivity index (χ0v) is 9.57. The molecule has 1 aromatic carbocycles. The molecule has 0 aliphatic carbocycles. The first-order valence-corrected chi connectivity index (χ1v) is 4.80. The smallest absolute Gasteiger partial charge is 0.257 e. The molecule has 0 radical (unpaired) electrons. The Balaban J connectivity index is 3.13. The maximum atomic E-state index is 11.5. The molecule has 0 aromatic heterocycles. The van der Waals surface area contributed by atoms with Gasteiger partial charge >= 0.3 is 0 Å². The van der Waals surface area contributed by atoms with E-state index in [1.165, 1.54) is 11.0 Å². The Labute approximate surface area is 90.5 Å². The van der Waals surface area contributed by atoms with Crippen molar-refractivity contribution in [3.05, 3.63) is 27.3 Å². The summed E-state index contributed by atoms with van der Waals surface area (Å²) in [6, 6.07) is 4.94. The maximum Gasteiger partial charge on any atom is 0.257 e. The fourth-order valence-corrected chi connectivity index (χ4v) is 1.41. The average Bonchev–Trinajstić information content (AvgIpc) is 2.08. The lowest BCUT2D eigenvalue weighted by molar-refractivity contribution is 0.0824. The molecule has 1 rings (SSSR count). The molecule has 3 nitrogen and oxygen atoms in total. The lowest BCUT2D eigenvalue weighted by Gasteiger charge is -2.11. The topological polar surface area (TPSA) is 40.5 Å². The Kier molecular flexibility index (Phi) is 3.13. The summed E-state index contributed by atoms with van der Waals surface area (Å²) in [7, 11) is 3.31. The number of aromatic hydroxyl groups is 1. The highest BCUT2D eigenvalue weighted by atomic mass is 127. The molecule has 0 heterocycles. The molecule has 0 spiro atoms. The Bertz CT molecular complexity index is 336. The monoisotopic (exact) mass is 291 g/mol. The van der Waals surface area contributed by atoms with Gasteiger partial charge in [0.25, 0.3) is 5.91 Å². The number of phenolic OH excluding ortho intramolecular Hbond substituents is 1. The van der Waals surface area contributed by atoms with Crippen LogP contribution in [0.3, 0.4) is 0 Å². The summed E-state index contributed by atoms with van der Waals surface area (Å²) in [5, 5.41) is 9.40. The lowest BCUT2D eigenvalue weighted by Crippen LogP contribution is -2.21. The van der Waals surface area contributed by atoms with E-state index < -0.39 is 0 Å². The summed E-state index contributed by atoms with van der Waals surface area (Å²) in [6.45, 7) is 0. The molecule has 70 valence electrons. The van der Waals surface area contributed by atoms with Crippen molar-refractivity contribution in [3.63, 3.8) is 0 Å². The number of carbonyl (C=O) groups is 1. The minimum absolute atomic E-state index is 0.0270. The Hall–Kier alpha value is -0.780. The predicted octanol–water partition coefficient (Wildman–Crippen LogP) is 1.70. The molecule has 0 fully saturated rings. The van der Waals surface area contributed by atoms with Crippen LogP contribution in [-0.2, 0) is 0 Å². The van der Waals surface area contributed by atoms with Crippen molar-refractivity contribution in [1.82, 2.24) is 4.90 Å². The summed E-state index contributed by atoms with van der Waals surface area (Å²) in [5.74, 6) is -0.157. The SMILES string of the molecule is CN(C)C(=O)c1cc(I)ccc1O. The van der Waals surface area contributed by atoms with Gasteiger partial charge < -0.3 is 10.0 Å². The molecule has 0 aliphatic heterocycles. The normalized spacial score (nSPS) is 9.77. The largest absolute Gasteiger partial charge is 0.507 e. The third-order valence-electron chi connectivity index (χ3n) is 1.60. The minimum Gasteiger partial charge on any atom is -0.507 e. The zero-order valence-electron chi connectivity index (χ0n) is 7.41. The van der Waals surface area contributed by atoms with E-state index in [1.54, 1.807) is 26.2 Å². The van der Waals surface area contributed by atoms with Crippen LogP contribution in [-0.4, -0.2) is 30.0 Å². The van der Waals surface area contributed by atoms with E-state index in [0.29, 0.717) is 5.56 Å². The lowest BCUT2D eigenvalue weighted by atomic mass is 10.2. The number of hydrogen-bond acceptors (Lipinski definition) is 2. The third-order valence-corrected chi connectivity index (χ3v) is 2.27. The summed E-state index contributed by atoms with van der Waals surface area (Å²) in [5.41, 5.74) is 0.344. The molecule has 0 unspecified atom stereocenters. The average molecular weight is 291 g/mol. The van der Waals surface area contributed by atoms with Crippen LogP contribution in [0.25, 0.3) is 0 Å². The first-order chi connectivity index (χ1) is 6.02. The highest BCUT2D eigenvalue weighted by molar-refractivity contribution is 14.1. The van der Waals surface area contributed by atoms with Gasteiger partial charge in [-0.15, -0.1) is 0 Å². The van der Waals surface area contributed by atoms with Gasteiger partial charge in [0, 0.05) is 17.7 Å². The molecule has 0 saturated carbocycles. The van der Waals surface area contributed by atoms with Crippen molar-refractivity contribution in [2.45, 2.75) is 0 Å². The van der Waals surface area contributed by atoms with E-state index in [1.807, 2.05) is 0 Å². The second kappa shape index (κ2) is 3.95. The molecule has 0 bridgehead atoms. The second-order valence-corrected chi connectivity index (χ2v) is 4.11. The van der Waals surface area contributed by atoms with Crippen LogP contribution in [0.5, 0.6) is 5.75 Å². The molecule has 0 aliphatic rings. The highest BCUT2D eigenvalue weighted by Crippen LogP contribution is 2.20. The van der Waals surface area contributed by atoms with Gasteiger partial charge in [-0.25, -0.2) is 0 Å². The molecule has 1 N–H and O–H groups in total. The zero-order chi connectivity index (χ0) is 10.0. The molecular weight excluding hydrogens is 281 g/mol. The van der Waals surface area contributed by atoms with E-state index in [0.717, 1.165) is 3.57 Å². The summed E-state index contributed by atoms with van der Waals surface area (Å²) in [4.78, 5) is 12.9. The van der Waals surface area contributed by atoms with Gasteiger partial charge in [-0.2, -0.15) is 0 Å². The molecular formula is C9H10INO2. The van der Waals surface area contributed by atoms with E-state index >= 15 is 0 Å².